The van der Waals surface area contributed by atoms with Crippen molar-refractivity contribution < 1.29 is 4.74 Å². The third-order valence-corrected chi connectivity index (χ3v) is 3.66. The lowest BCUT2D eigenvalue weighted by molar-refractivity contribution is 0.0427. The first-order valence-electron chi connectivity index (χ1n) is 6.22. The van der Waals surface area contributed by atoms with E-state index in [0.29, 0.717) is 0 Å². The number of rotatable bonds is 4. The van der Waals surface area contributed by atoms with Gasteiger partial charge in [-0.05, 0) is 37.3 Å². The highest BCUT2D eigenvalue weighted by atomic mass is 79.9. The van der Waals surface area contributed by atoms with Gasteiger partial charge in [0.05, 0.1) is 12.7 Å². The van der Waals surface area contributed by atoms with Crippen LogP contribution in [0.4, 0.5) is 0 Å². The highest BCUT2D eigenvalue weighted by molar-refractivity contribution is 9.09. The summed E-state index contributed by atoms with van der Waals surface area (Å²) in [6.07, 6.45) is 5.72. The lowest BCUT2D eigenvalue weighted by Gasteiger charge is -2.26. The number of allylic oxidation sites excluding steroid dienone is 1. The molecule has 1 aromatic carbocycles. The van der Waals surface area contributed by atoms with Crippen molar-refractivity contribution in [3.8, 4) is 0 Å². The summed E-state index contributed by atoms with van der Waals surface area (Å²) in [7, 11) is 0. The van der Waals surface area contributed by atoms with E-state index < -0.39 is 0 Å². The van der Waals surface area contributed by atoms with Crippen molar-refractivity contribution in [2.24, 2.45) is 0 Å². The first kappa shape index (κ1) is 12.8. The molecule has 1 aromatic rings. The summed E-state index contributed by atoms with van der Waals surface area (Å²) >= 11 is 3.45. The third-order valence-electron chi connectivity index (χ3n) is 3.20. The first-order valence-corrected chi connectivity index (χ1v) is 7.34. The SMILES string of the molecule is CC(=CCCBr)CC1OCCc2ccccc21. The Morgan fingerprint density at radius 2 is 2.29 bits per heavy atom. The maximum atomic E-state index is 5.90. The van der Waals surface area contributed by atoms with Crippen LogP contribution in [0.5, 0.6) is 0 Å². The van der Waals surface area contributed by atoms with E-state index in [-0.39, 0.29) is 6.10 Å². The molecule has 1 aliphatic rings. The molecule has 0 aromatic heterocycles. The van der Waals surface area contributed by atoms with Gasteiger partial charge in [0.2, 0.25) is 0 Å². The van der Waals surface area contributed by atoms with Crippen molar-refractivity contribution in [1.29, 1.82) is 0 Å². The zero-order chi connectivity index (χ0) is 12.1. The standard InChI is InChI=1S/C15H19BrO/c1-12(5-4-9-16)11-15-14-7-3-2-6-13(14)8-10-17-15/h2-3,5-7,15H,4,8-11H2,1H3. The molecule has 1 aliphatic heterocycles. The van der Waals surface area contributed by atoms with Crippen molar-refractivity contribution in [1.82, 2.24) is 0 Å². The molecule has 0 spiro atoms. The molecule has 0 saturated carbocycles. The molecule has 0 radical (unpaired) electrons. The summed E-state index contributed by atoms with van der Waals surface area (Å²) in [5.74, 6) is 0. The average molecular weight is 295 g/mol. The molecular weight excluding hydrogens is 276 g/mol. The summed E-state index contributed by atoms with van der Waals surface area (Å²) in [6.45, 7) is 3.05. The average Bonchev–Trinajstić information content (AvgIpc) is 2.37. The Bertz CT molecular complexity index is 398. The fraction of sp³-hybridized carbons (Fsp3) is 0.467. The second-order valence-electron chi connectivity index (χ2n) is 4.54. The van der Waals surface area contributed by atoms with Crippen LogP contribution >= 0.6 is 15.9 Å². The molecule has 2 rings (SSSR count). The molecule has 0 amide bonds. The maximum absolute atomic E-state index is 5.90. The van der Waals surface area contributed by atoms with Crippen LogP contribution in [0.2, 0.25) is 0 Å². The van der Waals surface area contributed by atoms with Gasteiger partial charge in [-0.25, -0.2) is 0 Å². The summed E-state index contributed by atoms with van der Waals surface area (Å²) in [5.41, 5.74) is 4.26. The smallest absolute Gasteiger partial charge is 0.0864 e. The Kier molecular flexibility index (Phi) is 4.81. The summed E-state index contributed by atoms with van der Waals surface area (Å²) in [5, 5.41) is 1.03. The van der Waals surface area contributed by atoms with Crippen LogP contribution in [-0.2, 0) is 11.2 Å². The van der Waals surface area contributed by atoms with Crippen LogP contribution in [0, 0.1) is 0 Å². The molecule has 1 heterocycles. The van der Waals surface area contributed by atoms with E-state index in [9.17, 15) is 0 Å². The zero-order valence-electron chi connectivity index (χ0n) is 10.3. The predicted octanol–water partition coefficient (Wildman–Crippen LogP) is 4.42. The van der Waals surface area contributed by atoms with Crippen molar-refractivity contribution in [2.45, 2.75) is 32.3 Å². The first-order chi connectivity index (χ1) is 8.31. The molecule has 17 heavy (non-hydrogen) atoms. The van der Waals surface area contributed by atoms with Gasteiger partial charge in [-0.15, -0.1) is 0 Å². The van der Waals surface area contributed by atoms with Gasteiger partial charge in [-0.1, -0.05) is 51.8 Å². The highest BCUT2D eigenvalue weighted by Crippen LogP contribution is 2.31. The topological polar surface area (TPSA) is 9.23 Å². The van der Waals surface area contributed by atoms with Gasteiger partial charge in [0.1, 0.15) is 0 Å². The van der Waals surface area contributed by atoms with Crippen molar-refractivity contribution in [3.63, 3.8) is 0 Å². The van der Waals surface area contributed by atoms with E-state index in [0.717, 1.165) is 31.2 Å². The fourth-order valence-corrected chi connectivity index (χ4v) is 2.55. The summed E-state index contributed by atoms with van der Waals surface area (Å²) in [4.78, 5) is 0. The van der Waals surface area contributed by atoms with Crippen molar-refractivity contribution in [2.75, 3.05) is 11.9 Å². The molecule has 0 bridgehead atoms. The number of benzene rings is 1. The summed E-state index contributed by atoms with van der Waals surface area (Å²) < 4.78 is 5.90. The predicted molar refractivity (Wildman–Crippen MR) is 75.6 cm³/mol. The van der Waals surface area contributed by atoms with E-state index in [1.54, 1.807) is 0 Å². The third kappa shape index (κ3) is 3.43. The van der Waals surface area contributed by atoms with Crippen molar-refractivity contribution >= 4 is 15.9 Å². The molecule has 0 fully saturated rings. The minimum atomic E-state index is 0.256. The van der Waals surface area contributed by atoms with E-state index in [1.807, 2.05) is 0 Å². The molecule has 92 valence electrons. The van der Waals surface area contributed by atoms with Gasteiger partial charge in [-0.2, -0.15) is 0 Å². The number of hydrogen-bond donors (Lipinski definition) is 0. The molecule has 1 nitrogen and oxygen atoms in total. The van der Waals surface area contributed by atoms with Gasteiger partial charge < -0.3 is 4.74 Å². The second kappa shape index (κ2) is 6.36. The largest absolute Gasteiger partial charge is 0.373 e. The monoisotopic (exact) mass is 294 g/mol. The normalized spacial score (nSPS) is 20.1. The molecule has 0 N–H and O–H groups in total. The quantitative estimate of drug-likeness (QED) is 0.590. The van der Waals surface area contributed by atoms with Crippen LogP contribution in [0.25, 0.3) is 0 Å². The van der Waals surface area contributed by atoms with Crippen LogP contribution in [-0.4, -0.2) is 11.9 Å². The molecule has 0 saturated heterocycles. The van der Waals surface area contributed by atoms with Gasteiger partial charge in [0, 0.05) is 5.33 Å². The lowest BCUT2D eigenvalue weighted by atomic mass is 9.93. The van der Waals surface area contributed by atoms with E-state index in [2.05, 4.69) is 53.2 Å². The lowest BCUT2D eigenvalue weighted by Crippen LogP contribution is -2.16. The van der Waals surface area contributed by atoms with Crippen LogP contribution in [0.3, 0.4) is 0 Å². The van der Waals surface area contributed by atoms with Gasteiger partial charge in [0.25, 0.3) is 0 Å². The molecule has 0 aliphatic carbocycles. The zero-order valence-corrected chi connectivity index (χ0v) is 11.9. The van der Waals surface area contributed by atoms with E-state index in [4.69, 9.17) is 4.74 Å². The fourth-order valence-electron chi connectivity index (χ4n) is 2.32. The number of hydrogen-bond acceptors (Lipinski definition) is 1. The van der Waals surface area contributed by atoms with Gasteiger partial charge in [-0.3, -0.25) is 0 Å². The summed E-state index contributed by atoms with van der Waals surface area (Å²) in [6, 6.07) is 8.66. The number of ether oxygens (including phenoxy) is 1. The minimum Gasteiger partial charge on any atom is -0.373 e. The van der Waals surface area contributed by atoms with Crippen LogP contribution in [0.1, 0.15) is 37.0 Å². The van der Waals surface area contributed by atoms with Gasteiger partial charge >= 0.3 is 0 Å². The Morgan fingerprint density at radius 3 is 3.12 bits per heavy atom. The van der Waals surface area contributed by atoms with Gasteiger partial charge in [0.15, 0.2) is 0 Å². The Morgan fingerprint density at radius 1 is 1.47 bits per heavy atom. The molecule has 1 unspecified atom stereocenters. The molecular formula is C15H19BrO. The van der Waals surface area contributed by atoms with E-state index in [1.165, 1.54) is 16.7 Å². The number of halogens is 1. The Hall–Kier alpha value is -0.600. The Labute approximate surface area is 112 Å². The van der Waals surface area contributed by atoms with E-state index >= 15 is 0 Å². The second-order valence-corrected chi connectivity index (χ2v) is 5.33. The number of alkyl halides is 1. The minimum absolute atomic E-state index is 0.256. The highest BCUT2D eigenvalue weighted by Gasteiger charge is 2.20. The Balaban J connectivity index is 2.08. The maximum Gasteiger partial charge on any atom is 0.0864 e. The van der Waals surface area contributed by atoms with Crippen molar-refractivity contribution in [3.05, 3.63) is 47.0 Å². The van der Waals surface area contributed by atoms with Crippen LogP contribution < -0.4 is 0 Å². The molecule has 2 heteroatoms. The molecule has 1 atom stereocenters. The van der Waals surface area contributed by atoms with Crippen LogP contribution in [0.15, 0.2) is 35.9 Å². The number of fused-ring (bicyclic) bond motifs is 1.